The molecule has 14 heteroatoms. The Kier molecular flexibility index (Phi) is 11.8. The van der Waals surface area contributed by atoms with E-state index in [0.717, 1.165) is 62.8 Å². The van der Waals surface area contributed by atoms with E-state index in [4.69, 9.17) is 19.4 Å². The van der Waals surface area contributed by atoms with Crippen LogP contribution in [0.25, 0.3) is 44.4 Å². The highest BCUT2D eigenvalue weighted by molar-refractivity contribution is 5.91. The lowest BCUT2D eigenvalue weighted by Gasteiger charge is -2.30. The van der Waals surface area contributed by atoms with Gasteiger partial charge >= 0.3 is 12.2 Å². The number of carbonyl (C=O) groups excluding carboxylic acids is 4. The third-order valence-electron chi connectivity index (χ3n) is 12.1. The highest BCUT2D eigenvalue weighted by Crippen LogP contribution is 2.43. The first-order chi connectivity index (χ1) is 29.8. The number of imidazole rings is 2. The van der Waals surface area contributed by atoms with E-state index < -0.39 is 30.3 Å². The lowest BCUT2D eigenvalue weighted by atomic mass is 9.98. The van der Waals surface area contributed by atoms with Crippen LogP contribution in [0.2, 0.25) is 0 Å². The van der Waals surface area contributed by atoms with Crippen molar-refractivity contribution < 1.29 is 28.7 Å². The number of nitrogens with zero attached hydrogens (tertiary/aromatic N) is 4. The number of carbonyl (C=O) groups is 4. The van der Waals surface area contributed by atoms with Crippen molar-refractivity contribution in [3.05, 3.63) is 108 Å². The number of aromatic nitrogens is 4. The standard InChI is InChI=1S/C48H54N8O6/c1-26(2)41(53-47(59)61-6)45(57)55-24-28(5)18-39(55)43-50-23-38(52-43)35-17-16-33-19-32(14-15-34(33)20-35)29-10-12-31(13-11-29)37-22-49-44(51-37)40-21-36(30-8-9-30)25-56(40)46(58)42(27(3)4)54-48(60)62-7/h10-23,26-27,30,39-42H,8-9,24-25H2,1-7H3,(H,49,51)(H,50,52)(H,53,59)(H,54,60). The minimum absolute atomic E-state index is 0.130. The molecule has 4 atom stereocenters. The molecule has 62 heavy (non-hydrogen) atoms. The van der Waals surface area contributed by atoms with E-state index in [1.54, 1.807) is 11.1 Å². The number of alkyl carbamates (subject to hydrolysis) is 2. The molecule has 1 fully saturated rings. The molecule has 5 aromatic rings. The molecule has 3 aliphatic rings. The summed E-state index contributed by atoms with van der Waals surface area (Å²) in [5, 5.41) is 7.60. The summed E-state index contributed by atoms with van der Waals surface area (Å²) >= 11 is 0. The van der Waals surface area contributed by atoms with Gasteiger partial charge in [-0.05, 0) is 82.7 Å². The Bertz CT molecular complexity index is 2570. The van der Waals surface area contributed by atoms with Gasteiger partial charge in [-0.1, -0.05) is 94.0 Å². The predicted molar refractivity (Wildman–Crippen MR) is 236 cm³/mol. The van der Waals surface area contributed by atoms with Gasteiger partial charge < -0.3 is 39.9 Å². The molecule has 4 amide bonds. The van der Waals surface area contributed by atoms with Gasteiger partial charge in [0.05, 0.1) is 38.0 Å². The molecule has 0 radical (unpaired) electrons. The summed E-state index contributed by atoms with van der Waals surface area (Å²) in [6, 6.07) is 18.8. The number of aromatic amines is 2. The summed E-state index contributed by atoms with van der Waals surface area (Å²) in [6.07, 6.45) is 8.78. The maximum atomic E-state index is 13.9. The summed E-state index contributed by atoms with van der Waals surface area (Å²) < 4.78 is 9.60. The average Bonchev–Trinajstić information content (AvgIpc) is 3.64. The van der Waals surface area contributed by atoms with Crippen LogP contribution in [0, 0.1) is 17.8 Å². The fourth-order valence-corrected chi connectivity index (χ4v) is 8.48. The van der Waals surface area contributed by atoms with E-state index in [-0.39, 0.29) is 29.7 Å². The van der Waals surface area contributed by atoms with Gasteiger partial charge in [0.25, 0.3) is 0 Å². The van der Waals surface area contributed by atoms with Crippen LogP contribution in [-0.2, 0) is 19.1 Å². The van der Waals surface area contributed by atoms with Crippen molar-refractivity contribution in [1.82, 2.24) is 40.4 Å². The maximum Gasteiger partial charge on any atom is 0.407 e. The summed E-state index contributed by atoms with van der Waals surface area (Å²) in [5.74, 6) is 1.20. The molecule has 1 aliphatic carbocycles. The highest BCUT2D eigenvalue weighted by Gasteiger charge is 2.41. The Balaban J connectivity index is 0.966. The molecule has 4 N–H and O–H groups in total. The van der Waals surface area contributed by atoms with Crippen LogP contribution < -0.4 is 10.6 Å². The molecule has 0 bridgehead atoms. The van der Waals surface area contributed by atoms with Crippen molar-refractivity contribution in [2.45, 2.75) is 71.6 Å². The molecule has 14 nitrogen and oxygen atoms in total. The highest BCUT2D eigenvalue weighted by atomic mass is 16.5. The number of nitrogens with one attached hydrogen (secondary N) is 4. The number of amides is 4. The molecule has 0 spiro atoms. The van der Waals surface area contributed by atoms with Crippen molar-refractivity contribution in [2.75, 3.05) is 27.3 Å². The molecule has 2 aromatic heterocycles. The summed E-state index contributed by atoms with van der Waals surface area (Å²) in [5.41, 5.74) is 8.07. The Morgan fingerprint density at radius 1 is 0.645 bits per heavy atom. The minimum atomic E-state index is -0.735. The molecule has 0 saturated heterocycles. The molecule has 8 rings (SSSR count). The number of fused-ring (bicyclic) bond motifs is 1. The van der Waals surface area contributed by atoms with Gasteiger partial charge in [0, 0.05) is 18.7 Å². The quantitative estimate of drug-likeness (QED) is 0.0912. The number of ether oxygens (including phenoxy) is 2. The van der Waals surface area contributed by atoms with Gasteiger partial charge in [0.1, 0.15) is 35.8 Å². The van der Waals surface area contributed by atoms with Gasteiger partial charge in [-0.15, -0.1) is 0 Å². The SMILES string of the molecule is COC(=O)NC(C(=O)N1CC(C)=CC1c1ncc(-c2ccc3cc(-c4ccc(-c5cnc(C6C=C(C7CC7)CN6C(=O)C(NC(=O)OC)C(C)C)[nH]5)cc4)ccc3c2)[nH]1)C(C)C. The van der Waals surface area contributed by atoms with E-state index in [2.05, 4.69) is 87.3 Å². The zero-order valence-corrected chi connectivity index (χ0v) is 36.2. The van der Waals surface area contributed by atoms with Gasteiger partial charge in [0.15, 0.2) is 0 Å². The van der Waals surface area contributed by atoms with E-state index in [1.807, 2.05) is 51.8 Å². The van der Waals surface area contributed by atoms with Crippen molar-refractivity contribution in [3.63, 3.8) is 0 Å². The van der Waals surface area contributed by atoms with Crippen LogP contribution in [0.5, 0.6) is 0 Å². The van der Waals surface area contributed by atoms with Crippen molar-refractivity contribution in [2.24, 2.45) is 17.8 Å². The monoisotopic (exact) mass is 838 g/mol. The Labute approximate surface area is 361 Å². The van der Waals surface area contributed by atoms with E-state index in [1.165, 1.54) is 19.8 Å². The Morgan fingerprint density at radius 2 is 1.11 bits per heavy atom. The van der Waals surface area contributed by atoms with Gasteiger partial charge in [-0.3, -0.25) is 9.59 Å². The molecule has 1 saturated carbocycles. The summed E-state index contributed by atoms with van der Waals surface area (Å²) in [4.78, 5) is 71.8. The van der Waals surface area contributed by atoms with Crippen LogP contribution >= 0.6 is 0 Å². The van der Waals surface area contributed by atoms with E-state index in [0.29, 0.717) is 30.7 Å². The minimum Gasteiger partial charge on any atom is -0.453 e. The average molecular weight is 839 g/mol. The molecule has 3 aromatic carbocycles. The largest absolute Gasteiger partial charge is 0.453 e. The number of benzene rings is 3. The van der Waals surface area contributed by atoms with Crippen LogP contribution in [0.4, 0.5) is 9.59 Å². The van der Waals surface area contributed by atoms with Gasteiger partial charge in [-0.25, -0.2) is 19.6 Å². The molecule has 322 valence electrons. The molecular weight excluding hydrogens is 785 g/mol. The first-order valence-corrected chi connectivity index (χ1v) is 21.2. The normalized spacial score (nSPS) is 18.5. The maximum absolute atomic E-state index is 13.9. The number of hydrogen-bond acceptors (Lipinski definition) is 8. The molecule has 4 heterocycles. The topological polar surface area (TPSA) is 175 Å². The van der Waals surface area contributed by atoms with Crippen LogP contribution in [0.1, 0.15) is 71.2 Å². The second-order valence-corrected chi connectivity index (χ2v) is 17.3. The van der Waals surface area contributed by atoms with Gasteiger partial charge in [0.2, 0.25) is 11.8 Å². The van der Waals surface area contributed by atoms with Crippen molar-refractivity contribution in [1.29, 1.82) is 0 Å². The number of methoxy groups -OCH3 is 2. The Hall–Kier alpha value is -6.70. The van der Waals surface area contributed by atoms with Crippen molar-refractivity contribution in [3.8, 4) is 33.6 Å². The molecule has 2 aliphatic heterocycles. The lowest BCUT2D eigenvalue weighted by Crippen LogP contribution is -2.51. The smallest absolute Gasteiger partial charge is 0.407 e. The molecular formula is C48H54N8O6. The fraction of sp³-hybridized carbons (Fsp3) is 0.375. The van der Waals surface area contributed by atoms with Crippen LogP contribution in [-0.4, -0.2) is 93.1 Å². The fourth-order valence-electron chi connectivity index (χ4n) is 8.48. The predicted octanol–water partition coefficient (Wildman–Crippen LogP) is 8.10. The zero-order chi connectivity index (χ0) is 43.8. The second-order valence-electron chi connectivity index (χ2n) is 17.3. The first-order valence-electron chi connectivity index (χ1n) is 21.2. The number of rotatable bonds is 12. The number of H-pyrrole nitrogens is 2. The van der Waals surface area contributed by atoms with Crippen LogP contribution in [0.3, 0.4) is 0 Å². The second kappa shape index (κ2) is 17.3. The number of hydrogen-bond donors (Lipinski definition) is 4. The first kappa shape index (κ1) is 42.0. The third-order valence-corrected chi connectivity index (χ3v) is 12.1. The summed E-state index contributed by atoms with van der Waals surface area (Å²) in [7, 11) is 2.58. The van der Waals surface area contributed by atoms with Gasteiger partial charge in [-0.2, -0.15) is 0 Å². The zero-order valence-electron chi connectivity index (χ0n) is 36.2. The molecule has 4 unspecified atom stereocenters. The third kappa shape index (κ3) is 8.59. The van der Waals surface area contributed by atoms with E-state index >= 15 is 0 Å². The Morgan fingerprint density at radius 3 is 1.65 bits per heavy atom. The lowest BCUT2D eigenvalue weighted by molar-refractivity contribution is -0.135. The summed E-state index contributed by atoms with van der Waals surface area (Å²) in [6.45, 7) is 10.5. The van der Waals surface area contributed by atoms with E-state index in [9.17, 15) is 19.2 Å². The van der Waals surface area contributed by atoms with Crippen LogP contribution in [0.15, 0.2) is 96.4 Å². The van der Waals surface area contributed by atoms with Crippen molar-refractivity contribution >= 4 is 34.8 Å².